The number of aromatic nitrogens is 2. The molecule has 0 radical (unpaired) electrons. The maximum absolute atomic E-state index is 12.5. The van der Waals surface area contributed by atoms with Crippen LogP contribution in [-0.2, 0) is 0 Å². The molecule has 0 saturated heterocycles. The second-order valence-electron chi connectivity index (χ2n) is 4.91. The molecule has 6 nitrogen and oxygen atoms in total. The van der Waals surface area contributed by atoms with Gasteiger partial charge in [-0.15, -0.1) is 0 Å². The summed E-state index contributed by atoms with van der Waals surface area (Å²) in [6, 6.07) is 10.5. The van der Waals surface area contributed by atoms with Crippen molar-refractivity contribution in [2.75, 3.05) is 5.32 Å². The van der Waals surface area contributed by atoms with Gasteiger partial charge in [0.05, 0.1) is 28.3 Å². The predicted molar refractivity (Wildman–Crippen MR) is 80.4 cm³/mol. The first-order valence-corrected chi connectivity index (χ1v) is 6.63. The molecule has 0 aliphatic rings. The maximum Gasteiger partial charge on any atom is 0.258 e. The number of nitrogens with zero attached hydrogens (tertiary/aromatic N) is 3. The van der Waals surface area contributed by atoms with Crippen molar-refractivity contribution in [3.63, 3.8) is 0 Å². The molecule has 2 aromatic heterocycles. The summed E-state index contributed by atoms with van der Waals surface area (Å²) in [6.45, 7) is 3.54. The van der Waals surface area contributed by atoms with Crippen LogP contribution in [0.2, 0.25) is 0 Å². The SMILES string of the molecule is Cc1cc(C(=O)Nc2cccc(C#N)c2)c2c(C)noc2n1. The molecular weight excluding hydrogens is 280 g/mol. The lowest BCUT2D eigenvalue weighted by Gasteiger charge is -2.07. The van der Waals surface area contributed by atoms with Crippen molar-refractivity contribution in [1.29, 1.82) is 5.26 Å². The van der Waals surface area contributed by atoms with E-state index in [9.17, 15) is 4.79 Å². The number of amides is 1. The Hall–Kier alpha value is -3.20. The second kappa shape index (κ2) is 5.30. The number of carbonyl (C=O) groups excluding carboxylic acids is 1. The van der Waals surface area contributed by atoms with Crippen LogP contribution in [0.25, 0.3) is 11.1 Å². The fraction of sp³-hybridized carbons (Fsp3) is 0.125. The van der Waals surface area contributed by atoms with Crippen molar-refractivity contribution in [3.8, 4) is 6.07 Å². The molecule has 1 amide bonds. The quantitative estimate of drug-likeness (QED) is 0.784. The van der Waals surface area contributed by atoms with Gasteiger partial charge in [-0.2, -0.15) is 5.26 Å². The van der Waals surface area contributed by atoms with E-state index in [0.29, 0.717) is 39.3 Å². The summed E-state index contributed by atoms with van der Waals surface area (Å²) in [5.41, 5.74) is 3.10. The number of pyridine rings is 1. The van der Waals surface area contributed by atoms with Crippen LogP contribution >= 0.6 is 0 Å². The first kappa shape index (κ1) is 13.8. The molecule has 2 heterocycles. The smallest absolute Gasteiger partial charge is 0.258 e. The second-order valence-corrected chi connectivity index (χ2v) is 4.91. The normalized spacial score (nSPS) is 10.4. The third kappa shape index (κ3) is 2.40. The van der Waals surface area contributed by atoms with E-state index >= 15 is 0 Å². The van der Waals surface area contributed by atoms with Crippen LogP contribution in [-0.4, -0.2) is 16.0 Å². The van der Waals surface area contributed by atoms with Gasteiger partial charge in [0.2, 0.25) is 0 Å². The number of carbonyl (C=O) groups is 1. The average molecular weight is 292 g/mol. The number of rotatable bonds is 2. The van der Waals surface area contributed by atoms with E-state index < -0.39 is 0 Å². The van der Waals surface area contributed by atoms with Gasteiger partial charge in [0.1, 0.15) is 0 Å². The van der Waals surface area contributed by atoms with E-state index in [1.165, 1.54) is 0 Å². The van der Waals surface area contributed by atoms with Gasteiger partial charge in [-0.1, -0.05) is 11.2 Å². The number of fused-ring (bicyclic) bond motifs is 1. The van der Waals surface area contributed by atoms with E-state index in [1.54, 1.807) is 44.2 Å². The zero-order valence-electron chi connectivity index (χ0n) is 12.0. The number of benzene rings is 1. The highest BCUT2D eigenvalue weighted by Gasteiger charge is 2.17. The Bertz CT molecular complexity index is 922. The van der Waals surface area contributed by atoms with Gasteiger partial charge < -0.3 is 9.84 Å². The van der Waals surface area contributed by atoms with Gasteiger partial charge >= 0.3 is 0 Å². The number of anilines is 1. The molecule has 1 aromatic carbocycles. The molecule has 0 spiro atoms. The lowest BCUT2D eigenvalue weighted by Crippen LogP contribution is -2.13. The minimum absolute atomic E-state index is 0.295. The molecule has 0 fully saturated rings. The number of hydrogen-bond donors (Lipinski definition) is 1. The molecule has 0 bridgehead atoms. The zero-order valence-corrected chi connectivity index (χ0v) is 12.0. The van der Waals surface area contributed by atoms with Crippen LogP contribution in [0.15, 0.2) is 34.9 Å². The van der Waals surface area contributed by atoms with Crippen molar-refractivity contribution in [2.24, 2.45) is 0 Å². The number of hydrogen-bond acceptors (Lipinski definition) is 5. The lowest BCUT2D eigenvalue weighted by molar-refractivity contribution is 0.102. The Balaban J connectivity index is 2.02. The summed E-state index contributed by atoms with van der Waals surface area (Å²) in [4.78, 5) is 16.8. The highest BCUT2D eigenvalue weighted by Crippen LogP contribution is 2.23. The van der Waals surface area contributed by atoms with E-state index in [1.807, 2.05) is 6.07 Å². The van der Waals surface area contributed by atoms with Gasteiger partial charge in [-0.05, 0) is 38.1 Å². The topological polar surface area (TPSA) is 91.8 Å². The van der Waals surface area contributed by atoms with E-state index in [0.717, 1.165) is 0 Å². The van der Waals surface area contributed by atoms with Gasteiger partial charge in [0.15, 0.2) is 0 Å². The van der Waals surface area contributed by atoms with Crippen molar-refractivity contribution in [1.82, 2.24) is 10.1 Å². The Morgan fingerprint density at radius 3 is 2.91 bits per heavy atom. The van der Waals surface area contributed by atoms with Gasteiger partial charge in [0.25, 0.3) is 11.6 Å². The maximum atomic E-state index is 12.5. The molecule has 0 aliphatic heterocycles. The van der Waals surface area contributed by atoms with Crippen LogP contribution in [0.5, 0.6) is 0 Å². The molecule has 1 N–H and O–H groups in total. The largest absolute Gasteiger partial charge is 0.336 e. The molecule has 3 rings (SSSR count). The number of nitrogens with one attached hydrogen (secondary N) is 1. The molecule has 0 atom stereocenters. The zero-order chi connectivity index (χ0) is 15.7. The van der Waals surface area contributed by atoms with Gasteiger partial charge in [-0.25, -0.2) is 4.98 Å². The molecule has 0 aliphatic carbocycles. The van der Waals surface area contributed by atoms with Crippen molar-refractivity contribution in [3.05, 3.63) is 52.8 Å². The Kier molecular flexibility index (Phi) is 3.31. The predicted octanol–water partition coefficient (Wildman–Crippen LogP) is 2.96. The van der Waals surface area contributed by atoms with Crippen LogP contribution in [0, 0.1) is 25.2 Å². The molecule has 0 saturated carbocycles. The Morgan fingerprint density at radius 2 is 2.14 bits per heavy atom. The summed E-state index contributed by atoms with van der Waals surface area (Å²) < 4.78 is 5.12. The minimum Gasteiger partial charge on any atom is -0.336 e. The molecule has 108 valence electrons. The molecule has 3 aromatic rings. The van der Waals surface area contributed by atoms with Crippen LogP contribution in [0.4, 0.5) is 5.69 Å². The third-order valence-electron chi connectivity index (χ3n) is 3.24. The summed E-state index contributed by atoms with van der Waals surface area (Å²) >= 11 is 0. The number of aryl methyl sites for hydroxylation is 2. The van der Waals surface area contributed by atoms with E-state index in [-0.39, 0.29) is 5.91 Å². The summed E-state index contributed by atoms with van der Waals surface area (Å²) in [5, 5.41) is 16.1. The fourth-order valence-electron chi connectivity index (χ4n) is 2.26. The summed E-state index contributed by atoms with van der Waals surface area (Å²) in [5.74, 6) is -0.295. The van der Waals surface area contributed by atoms with Crippen molar-refractivity contribution >= 4 is 22.7 Å². The fourth-order valence-corrected chi connectivity index (χ4v) is 2.26. The standard InChI is InChI=1S/C16H12N4O2/c1-9-6-13(14-10(2)20-22-16(14)18-9)15(21)19-12-5-3-4-11(7-12)8-17/h3-7H,1-2H3,(H,19,21). The number of nitriles is 1. The average Bonchev–Trinajstić information content (AvgIpc) is 2.87. The molecular formula is C16H12N4O2. The third-order valence-corrected chi connectivity index (χ3v) is 3.24. The van der Waals surface area contributed by atoms with Crippen LogP contribution < -0.4 is 5.32 Å². The first-order chi connectivity index (χ1) is 10.6. The first-order valence-electron chi connectivity index (χ1n) is 6.63. The van der Waals surface area contributed by atoms with Gasteiger partial charge in [-0.3, -0.25) is 4.79 Å². The van der Waals surface area contributed by atoms with Crippen LogP contribution in [0.3, 0.4) is 0 Å². The molecule has 6 heteroatoms. The summed E-state index contributed by atoms with van der Waals surface area (Å²) in [6.07, 6.45) is 0. The Labute approximate surface area is 126 Å². The lowest BCUT2D eigenvalue weighted by atomic mass is 10.1. The highest BCUT2D eigenvalue weighted by molar-refractivity contribution is 6.12. The molecule has 22 heavy (non-hydrogen) atoms. The summed E-state index contributed by atoms with van der Waals surface area (Å²) in [7, 11) is 0. The van der Waals surface area contributed by atoms with Crippen molar-refractivity contribution < 1.29 is 9.32 Å². The van der Waals surface area contributed by atoms with Crippen molar-refractivity contribution in [2.45, 2.75) is 13.8 Å². The van der Waals surface area contributed by atoms with E-state index in [4.69, 9.17) is 9.78 Å². The molecule has 0 unspecified atom stereocenters. The van der Waals surface area contributed by atoms with Gasteiger partial charge in [0, 0.05) is 11.4 Å². The van der Waals surface area contributed by atoms with Crippen LogP contribution in [0.1, 0.15) is 27.3 Å². The Morgan fingerprint density at radius 1 is 1.32 bits per heavy atom. The highest BCUT2D eigenvalue weighted by atomic mass is 16.5. The monoisotopic (exact) mass is 292 g/mol. The minimum atomic E-state index is -0.295. The van der Waals surface area contributed by atoms with E-state index in [2.05, 4.69) is 15.5 Å².